The number of hydrogen-bond acceptors (Lipinski definition) is 6. The number of benzene rings is 1. The van der Waals surface area contributed by atoms with E-state index in [0.29, 0.717) is 29.5 Å². The Bertz CT molecular complexity index is 1020. The molecular formula is C19H15ClF2IN5O. The molecule has 4 rings (SSSR count). The van der Waals surface area contributed by atoms with Gasteiger partial charge < -0.3 is 15.0 Å². The summed E-state index contributed by atoms with van der Waals surface area (Å²) in [5.41, 5.74) is 2.61. The highest BCUT2D eigenvalue weighted by Gasteiger charge is 2.26. The van der Waals surface area contributed by atoms with E-state index in [0.717, 1.165) is 46.2 Å². The molecule has 0 radical (unpaired) electrons. The van der Waals surface area contributed by atoms with Gasteiger partial charge in [0.05, 0.1) is 39.9 Å². The molecule has 1 aromatic carbocycles. The van der Waals surface area contributed by atoms with E-state index in [9.17, 15) is 8.78 Å². The maximum atomic E-state index is 12.9. The molecule has 1 aliphatic heterocycles. The maximum Gasteiger partial charge on any atom is 0.451 e. The summed E-state index contributed by atoms with van der Waals surface area (Å²) in [5, 5.41) is 3.83. The molecule has 0 fully saturated rings. The van der Waals surface area contributed by atoms with E-state index in [1.54, 1.807) is 24.4 Å². The molecule has 1 N–H and O–H groups in total. The number of anilines is 3. The Morgan fingerprint density at radius 3 is 2.66 bits per heavy atom. The first-order chi connectivity index (χ1) is 13.9. The van der Waals surface area contributed by atoms with Crippen LogP contribution in [0.25, 0.3) is 0 Å². The van der Waals surface area contributed by atoms with Crippen LogP contribution in [0.4, 0.5) is 26.1 Å². The standard InChI is InChI=1S/C19H15ClF2IN5O/c20-15-2-1-8-24-18(15)28-9-7-14-16(10-28)25-11-26-17(14)27-12-3-5-13(6-4-12)29-19(21,22)23/h1-6,8,11H,7,9-10H2,(H,25,26,27). The zero-order valence-corrected chi connectivity index (χ0v) is 17.9. The van der Waals surface area contributed by atoms with Crippen molar-refractivity contribution >= 4 is 51.5 Å². The molecule has 3 heterocycles. The van der Waals surface area contributed by atoms with Gasteiger partial charge in [-0.2, -0.15) is 8.78 Å². The van der Waals surface area contributed by atoms with Gasteiger partial charge in [0, 0.05) is 24.0 Å². The van der Waals surface area contributed by atoms with Gasteiger partial charge in [-0.1, -0.05) is 11.6 Å². The van der Waals surface area contributed by atoms with E-state index in [1.165, 1.54) is 18.5 Å². The predicted molar refractivity (Wildman–Crippen MR) is 115 cm³/mol. The predicted octanol–water partition coefficient (Wildman–Crippen LogP) is 5.20. The number of alkyl halides is 3. The molecule has 1 aliphatic rings. The lowest BCUT2D eigenvalue weighted by atomic mass is 10.1. The SMILES string of the molecule is FC(F)(I)Oc1ccc(Nc2ncnc3c2CCN(c2ncccc2Cl)C3)cc1. The summed E-state index contributed by atoms with van der Waals surface area (Å²) in [6.45, 7) is 1.30. The van der Waals surface area contributed by atoms with Crippen LogP contribution in [0.15, 0.2) is 48.9 Å². The van der Waals surface area contributed by atoms with Crippen molar-refractivity contribution < 1.29 is 13.5 Å². The highest BCUT2D eigenvalue weighted by Crippen LogP contribution is 2.32. The Labute approximate surface area is 184 Å². The molecule has 10 heteroatoms. The monoisotopic (exact) mass is 529 g/mol. The molecule has 0 aliphatic carbocycles. The van der Waals surface area contributed by atoms with Crippen LogP contribution in [0.3, 0.4) is 0 Å². The van der Waals surface area contributed by atoms with E-state index >= 15 is 0 Å². The normalized spacial score (nSPS) is 13.7. The molecule has 0 amide bonds. The zero-order valence-electron chi connectivity index (χ0n) is 14.9. The van der Waals surface area contributed by atoms with E-state index in [-0.39, 0.29) is 5.75 Å². The number of halogens is 4. The van der Waals surface area contributed by atoms with Gasteiger partial charge in [0.15, 0.2) is 0 Å². The van der Waals surface area contributed by atoms with Crippen LogP contribution in [0.2, 0.25) is 5.02 Å². The topological polar surface area (TPSA) is 63.2 Å². The third-order valence-corrected chi connectivity index (χ3v) is 4.91. The second-order valence-corrected chi connectivity index (χ2v) is 7.99. The van der Waals surface area contributed by atoms with Crippen molar-refractivity contribution in [2.75, 3.05) is 16.8 Å². The molecule has 0 bridgehead atoms. The van der Waals surface area contributed by atoms with Gasteiger partial charge in [0.25, 0.3) is 0 Å². The van der Waals surface area contributed by atoms with Gasteiger partial charge in [0.2, 0.25) is 0 Å². The summed E-state index contributed by atoms with van der Waals surface area (Å²) in [4.78, 5) is 15.2. The third-order valence-electron chi connectivity index (χ3n) is 4.40. The Morgan fingerprint density at radius 1 is 1.14 bits per heavy atom. The van der Waals surface area contributed by atoms with Gasteiger partial charge in [-0.05, 0) is 42.8 Å². The Balaban J connectivity index is 1.51. The first-order valence-corrected chi connectivity index (χ1v) is 10.2. The van der Waals surface area contributed by atoms with E-state index in [4.69, 9.17) is 11.6 Å². The van der Waals surface area contributed by atoms with Crippen molar-refractivity contribution in [3.63, 3.8) is 0 Å². The number of nitrogens with zero attached hydrogens (tertiary/aromatic N) is 4. The molecular weight excluding hydrogens is 515 g/mol. The van der Waals surface area contributed by atoms with Crippen LogP contribution in [-0.2, 0) is 13.0 Å². The quantitative estimate of drug-likeness (QED) is 0.362. The average Bonchev–Trinajstić information content (AvgIpc) is 2.68. The van der Waals surface area contributed by atoms with Gasteiger partial charge in [-0.25, -0.2) is 15.0 Å². The fraction of sp³-hybridized carbons (Fsp3) is 0.211. The zero-order chi connectivity index (χ0) is 20.4. The molecule has 0 spiro atoms. The highest BCUT2D eigenvalue weighted by molar-refractivity contribution is 14.1. The third kappa shape index (κ3) is 4.84. The van der Waals surface area contributed by atoms with Gasteiger partial charge in [-0.15, -0.1) is 0 Å². The first-order valence-electron chi connectivity index (χ1n) is 8.70. The van der Waals surface area contributed by atoms with E-state index < -0.39 is 4.12 Å². The van der Waals surface area contributed by atoms with Gasteiger partial charge >= 0.3 is 4.12 Å². The minimum atomic E-state index is -3.25. The fourth-order valence-electron chi connectivity index (χ4n) is 3.13. The Kier molecular flexibility index (Phi) is 5.68. The van der Waals surface area contributed by atoms with Crippen LogP contribution in [0.1, 0.15) is 11.3 Å². The Morgan fingerprint density at radius 2 is 1.93 bits per heavy atom. The van der Waals surface area contributed by atoms with E-state index in [1.807, 2.05) is 6.07 Å². The van der Waals surface area contributed by atoms with Gasteiger partial charge in [0.1, 0.15) is 23.7 Å². The lowest BCUT2D eigenvalue weighted by Crippen LogP contribution is -2.32. The van der Waals surface area contributed by atoms with Crippen molar-refractivity contribution in [1.29, 1.82) is 0 Å². The van der Waals surface area contributed by atoms with E-state index in [2.05, 4.69) is 29.9 Å². The molecule has 0 atom stereocenters. The number of aromatic nitrogens is 3. The molecule has 6 nitrogen and oxygen atoms in total. The van der Waals surface area contributed by atoms with Gasteiger partial charge in [-0.3, -0.25) is 0 Å². The summed E-state index contributed by atoms with van der Waals surface area (Å²) >= 11 is 7.20. The van der Waals surface area contributed by atoms with Crippen LogP contribution in [0, 0.1) is 0 Å². The smallest absolute Gasteiger partial charge is 0.425 e. The number of hydrogen-bond donors (Lipinski definition) is 1. The summed E-state index contributed by atoms with van der Waals surface area (Å²) in [7, 11) is 0. The Hall–Kier alpha value is -2.27. The number of nitrogens with one attached hydrogen (secondary N) is 1. The molecule has 150 valence electrons. The van der Waals surface area contributed by atoms with Crippen molar-refractivity contribution in [1.82, 2.24) is 15.0 Å². The molecule has 29 heavy (non-hydrogen) atoms. The van der Waals surface area contributed by atoms with Crippen LogP contribution in [-0.4, -0.2) is 25.6 Å². The number of ether oxygens (including phenoxy) is 1. The molecule has 0 saturated heterocycles. The van der Waals surface area contributed by atoms with Crippen molar-refractivity contribution in [3.8, 4) is 5.75 Å². The van der Waals surface area contributed by atoms with Crippen LogP contribution < -0.4 is 15.0 Å². The first kappa shape index (κ1) is 20.0. The summed E-state index contributed by atoms with van der Waals surface area (Å²) in [5.74, 6) is 1.51. The second kappa shape index (κ2) is 8.23. The molecule has 3 aromatic rings. The number of rotatable bonds is 5. The fourth-order valence-corrected chi connectivity index (χ4v) is 3.62. The van der Waals surface area contributed by atoms with Crippen molar-refractivity contribution in [3.05, 3.63) is 65.2 Å². The molecule has 2 aromatic heterocycles. The maximum absolute atomic E-state index is 12.9. The van der Waals surface area contributed by atoms with Crippen LogP contribution >= 0.6 is 34.2 Å². The largest absolute Gasteiger partial charge is 0.451 e. The number of fused-ring (bicyclic) bond motifs is 1. The highest BCUT2D eigenvalue weighted by atomic mass is 127. The van der Waals surface area contributed by atoms with Crippen molar-refractivity contribution in [2.24, 2.45) is 0 Å². The number of pyridine rings is 1. The molecule has 0 unspecified atom stereocenters. The lowest BCUT2D eigenvalue weighted by Gasteiger charge is -2.30. The summed E-state index contributed by atoms with van der Waals surface area (Å²) in [6.07, 6.45) is 3.93. The minimum absolute atomic E-state index is 0.0857. The second-order valence-electron chi connectivity index (χ2n) is 6.33. The van der Waals surface area contributed by atoms with Crippen molar-refractivity contribution in [2.45, 2.75) is 17.1 Å². The minimum Gasteiger partial charge on any atom is -0.425 e. The lowest BCUT2D eigenvalue weighted by molar-refractivity contribution is -0.0691. The van der Waals surface area contributed by atoms with Crippen LogP contribution in [0.5, 0.6) is 5.75 Å². The summed E-state index contributed by atoms with van der Waals surface area (Å²) in [6, 6.07) is 9.89. The summed E-state index contributed by atoms with van der Waals surface area (Å²) < 4.78 is 27.2. The average molecular weight is 530 g/mol. The molecule has 0 saturated carbocycles.